The summed E-state index contributed by atoms with van der Waals surface area (Å²) in [6.07, 6.45) is 6.85. The van der Waals surface area contributed by atoms with E-state index in [-0.39, 0.29) is 0 Å². The van der Waals surface area contributed by atoms with Crippen molar-refractivity contribution in [1.29, 1.82) is 0 Å². The molecule has 8 heteroatoms. The molecule has 0 spiro atoms. The van der Waals surface area contributed by atoms with Gasteiger partial charge in [0.25, 0.3) is 0 Å². The molecule has 0 atom stereocenters. The van der Waals surface area contributed by atoms with Crippen molar-refractivity contribution in [1.82, 2.24) is 15.2 Å². The van der Waals surface area contributed by atoms with E-state index in [0.717, 1.165) is 42.8 Å². The molecule has 0 saturated carbocycles. The van der Waals surface area contributed by atoms with Crippen molar-refractivity contribution < 1.29 is 24.1 Å². The molecule has 2 N–H and O–H groups in total. The minimum Gasteiger partial charge on any atom is -0.492 e. The van der Waals surface area contributed by atoms with Gasteiger partial charge in [-0.2, -0.15) is 5.10 Å². The lowest BCUT2D eigenvalue weighted by Crippen LogP contribution is -2.35. The Morgan fingerprint density at radius 3 is 2.39 bits per heavy atom. The molecule has 2 rings (SSSR count). The molecule has 0 aliphatic carbocycles. The number of aromatic amines is 1. The van der Waals surface area contributed by atoms with Crippen LogP contribution in [0.1, 0.15) is 39.5 Å². The van der Waals surface area contributed by atoms with Crippen molar-refractivity contribution in [3.63, 3.8) is 0 Å². The Bertz CT molecular complexity index is 686. The highest BCUT2D eigenvalue weighted by Gasteiger charge is 2.27. The van der Waals surface area contributed by atoms with Crippen LogP contribution in [0.15, 0.2) is 30.6 Å². The molecule has 28 heavy (non-hydrogen) atoms. The van der Waals surface area contributed by atoms with Crippen molar-refractivity contribution >= 4 is 5.97 Å². The number of rotatable bonds is 14. The van der Waals surface area contributed by atoms with Gasteiger partial charge in [0.2, 0.25) is 0 Å². The number of pyridine rings is 1. The third-order valence-electron chi connectivity index (χ3n) is 4.13. The van der Waals surface area contributed by atoms with E-state index in [1.54, 1.807) is 26.2 Å². The van der Waals surface area contributed by atoms with Gasteiger partial charge in [-0.3, -0.25) is 10.1 Å². The standard InChI is InChI=1S/C20H29N3O5/c1-20(2,19(24)25)28-14-6-4-12-26-11-3-5-13-27-16-7-8-17(21-15-16)18-9-10-22-23-18/h7-10,15H,3-6,11-14H2,1-2H3,(H,22,23)(H,24,25). The fraction of sp³-hybridized carbons (Fsp3) is 0.550. The number of hydrogen-bond acceptors (Lipinski definition) is 6. The van der Waals surface area contributed by atoms with Gasteiger partial charge in [0.1, 0.15) is 5.75 Å². The van der Waals surface area contributed by atoms with Crippen LogP contribution >= 0.6 is 0 Å². The van der Waals surface area contributed by atoms with E-state index < -0.39 is 11.6 Å². The Morgan fingerprint density at radius 1 is 1.07 bits per heavy atom. The Hall–Kier alpha value is -2.45. The SMILES string of the molecule is CC(C)(OCCCCOCCCCOc1ccc(-c2ccn[nH]2)nc1)C(=O)O. The maximum absolute atomic E-state index is 10.9. The van der Waals surface area contributed by atoms with Gasteiger partial charge >= 0.3 is 5.97 Å². The molecule has 2 heterocycles. The molecule has 0 radical (unpaired) electrons. The summed E-state index contributed by atoms with van der Waals surface area (Å²) < 4.78 is 16.6. The molecule has 0 aromatic carbocycles. The Morgan fingerprint density at radius 2 is 1.79 bits per heavy atom. The Kier molecular flexibility index (Phi) is 8.90. The van der Waals surface area contributed by atoms with Gasteiger partial charge in [-0.05, 0) is 57.7 Å². The van der Waals surface area contributed by atoms with Gasteiger partial charge < -0.3 is 19.3 Å². The molecule has 0 fully saturated rings. The summed E-state index contributed by atoms with van der Waals surface area (Å²) in [5.41, 5.74) is 0.575. The average molecular weight is 391 g/mol. The second kappa shape index (κ2) is 11.4. The predicted octanol–water partition coefficient (Wildman–Crippen LogP) is 3.31. The number of carboxylic acid groups (broad SMARTS) is 1. The lowest BCUT2D eigenvalue weighted by molar-refractivity contribution is -0.161. The van der Waals surface area contributed by atoms with Gasteiger partial charge in [0.05, 0.1) is 24.2 Å². The topological polar surface area (TPSA) is 107 Å². The zero-order valence-corrected chi connectivity index (χ0v) is 16.5. The van der Waals surface area contributed by atoms with Crippen molar-refractivity contribution in [2.45, 2.75) is 45.1 Å². The summed E-state index contributed by atoms with van der Waals surface area (Å²) in [6, 6.07) is 5.66. The average Bonchev–Trinajstić information content (AvgIpc) is 3.21. The van der Waals surface area contributed by atoms with Crippen LogP contribution in [-0.2, 0) is 14.3 Å². The molecule has 0 bridgehead atoms. The highest BCUT2D eigenvalue weighted by molar-refractivity contribution is 5.76. The largest absolute Gasteiger partial charge is 0.492 e. The molecular formula is C20H29N3O5. The molecule has 8 nitrogen and oxygen atoms in total. The third-order valence-corrected chi connectivity index (χ3v) is 4.13. The van der Waals surface area contributed by atoms with Gasteiger partial charge in [-0.15, -0.1) is 0 Å². The third kappa shape index (κ3) is 7.66. The van der Waals surface area contributed by atoms with Crippen LogP contribution in [-0.4, -0.2) is 58.3 Å². The van der Waals surface area contributed by atoms with Crippen molar-refractivity contribution in [3.8, 4) is 17.1 Å². The summed E-state index contributed by atoms with van der Waals surface area (Å²) in [7, 11) is 0. The number of nitrogens with zero attached hydrogens (tertiary/aromatic N) is 2. The first-order chi connectivity index (χ1) is 13.5. The van der Waals surface area contributed by atoms with Gasteiger partial charge in [0, 0.05) is 26.0 Å². The van der Waals surface area contributed by atoms with E-state index in [4.69, 9.17) is 19.3 Å². The van der Waals surface area contributed by atoms with E-state index in [9.17, 15) is 4.79 Å². The van der Waals surface area contributed by atoms with E-state index in [0.29, 0.717) is 26.4 Å². The van der Waals surface area contributed by atoms with Crippen LogP contribution in [0.25, 0.3) is 11.4 Å². The maximum atomic E-state index is 10.9. The summed E-state index contributed by atoms with van der Waals surface area (Å²) in [5.74, 6) is -0.205. The quantitative estimate of drug-likeness (QED) is 0.476. The fourth-order valence-corrected chi connectivity index (χ4v) is 2.32. The van der Waals surface area contributed by atoms with E-state index >= 15 is 0 Å². The molecule has 0 saturated heterocycles. The molecule has 2 aromatic heterocycles. The second-order valence-electron chi connectivity index (χ2n) is 6.89. The summed E-state index contributed by atoms with van der Waals surface area (Å²) in [5, 5.41) is 15.7. The number of nitrogens with one attached hydrogen (secondary N) is 1. The first-order valence-electron chi connectivity index (χ1n) is 9.53. The molecule has 0 amide bonds. The number of hydrogen-bond donors (Lipinski definition) is 2. The second-order valence-corrected chi connectivity index (χ2v) is 6.89. The molecule has 154 valence electrons. The zero-order valence-electron chi connectivity index (χ0n) is 16.5. The molecule has 0 aliphatic heterocycles. The number of H-pyrrole nitrogens is 1. The number of carbonyl (C=O) groups is 1. The molecule has 2 aromatic rings. The van der Waals surface area contributed by atoms with Crippen LogP contribution in [0, 0.1) is 0 Å². The van der Waals surface area contributed by atoms with Crippen molar-refractivity contribution in [3.05, 3.63) is 30.6 Å². The Labute approximate surface area is 165 Å². The summed E-state index contributed by atoms with van der Waals surface area (Å²) in [4.78, 5) is 15.2. The smallest absolute Gasteiger partial charge is 0.335 e. The summed E-state index contributed by atoms with van der Waals surface area (Å²) >= 11 is 0. The maximum Gasteiger partial charge on any atom is 0.335 e. The fourth-order valence-electron chi connectivity index (χ4n) is 2.32. The highest BCUT2D eigenvalue weighted by atomic mass is 16.5. The number of ether oxygens (including phenoxy) is 3. The van der Waals surface area contributed by atoms with E-state index in [1.807, 2.05) is 18.2 Å². The van der Waals surface area contributed by atoms with Gasteiger partial charge in [-0.1, -0.05) is 0 Å². The number of aromatic nitrogens is 3. The van der Waals surface area contributed by atoms with Crippen molar-refractivity contribution in [2.75, 3.05) is 26.4 Å². The van der Waals surface area contributed by atoms with Crippen LogP contribution in [0.2, 0.25) is 0 Å². The van der Waals surface area contributed by atoms with Gasteiger partial charge in [0.15, 0.2) is 5.60 Å². The Balaban J connectivity index is 1.44. The van der Waals surface area contributed by atoms with Crippen molar-refractivity contribution in [2.24, 2.45) is 0 Å². The lowest BCUT2D eigenvalue weighted by atomic mass is 10.1. The van der Waals surface area contributed by atoms with E-state index in [1.165, 1.54) is 0 Å². The summed E-state index contributed by atoms with van der Waals surface area (Å²) in [6.45, 7) is 5.48. The van der Waals surface area contributed by atoms with E-state index in [2.05, 4.69) is 15.2 Å². The lowest BCUT2D eigenvalue weighted by Gasteiger charge is -2.19. The van der Waals surface area contributed by atoms with Crippen LogP contribution in [0.3, 0.4) is 0 Å². The minimum atomic E-state index is -1.13. The minimum absolute atomic E-state index is 0.420. The van der Waals surface area contributed by atoms with Crippen LogP contribution in [0.4, 0.5) is 0 Å². The highest BCUT2D eigenvalue weighted by Crippen LogP contribution is 2.17. The molecular weight excluding hydrogens is 362 g/mol. The number of unbranched alkanes of at least 4 members (excludes halogenated alkanes) is 2. The normalized spacial score (nSPS) is 11.5. The van der Waals surface area contributed by atoms with Gasteiger partial charge in [-0.25, -0.2) is 4.79 Å². The van der Waals surface area contributed by atoms with Crippen LogP contribution < -0.4 is 4.74 Å². The molecule has 0 unspecified atom stereocenters. The zero-order chi connectivity index (χ0) is 20.2. The molecule has 0 aliphatic rings. The first-order valence-corrected chi connectivity index (χ1v) is 9.53. The number of aliphatic carboxylic acids is 1. The monoisotopic (exact) mass is 391 g/mol. The predicted molar refractivity (Wildman–Crippen MR) is 104 cm³/mol. The number of carboxylic acids is 1. The van der Waals surface area contributed by atoms with Crippen LogP contribution in [0.5, 0.6) is 5.75 Å². The first kappa shape index (κ1) is 21.8.